The van der Waals surface area contributed by atoms with Gasteiger partial charge in [0.15, 0.2) is 5.11 Å². The zero-order chi connectivity index (χ0) is 19.8. The molecule has 28 heavy (non-hydrogen) atoms. The number of benzene rings is 2. The Bertz CT molecular complexity index is 833. The first-order valence-corrected chi connectivity index (χ1v) is 10.0. The van der Waals surface area contributed by atoms with Crippen molar-refractivity contribution in [1.29, 1.82) is 0 Å². The van der Waals surface area contributed by atoms with E-state index in [4.69, 9.17) is 12.2 Å². The summed E-state index contributed by atoms with van der Waals surface area (Å²) >= 11 is 5.27. The Morgan fingerprint density at radius 2 is 1.64 bits per heavy atom. The Kier molecular flexibility index (Phi) is 7.14. The first kappa shape index (κ1) is 20.0. The van der Waals surface area contributed by atoms with Crippen LogP contribution in [0.4, 0.5) is 5.69 Å². The summed E-state index contributed by atoms with van der Waals surface area (Å²) in [6.45, 7) is 0.441. The van der Waals surface area contributed by atoms with Crippen LogP contribution < -0.4 is 16.0 Å². The highest BCUT2D eigenvalue weighted by Gasteiger charge is 2.19. The monoisotopic (exact) mass is 395 g/mol. The molecule has 146 valence electrons. The first-order chi connectivity index (χ1) is 13.6. The molecule has 0 aromatic heterocycles. The highest BCUT2D eigenvalue weighted by molar-refractivity contribution is 7.80. The van der Waals surface area contributed by atoms with Crippen LogP contribution in [-0.4, -0.2) is 16.9 Å². The highest BCUT2D eigenvalue weighted by atomic mass is 32.1. The third kappa shape index (κ3) is 5.89. The van der Waals surface area contributed by atoms with Crippen molar-refractivity contribution in [1.82, 2.24) is 10.6 Å². The molecule has 0 heterocycles. The van der Waals surface area contributed by atoms with E-state index < -0.39 is 0 Å². The van der Waals surface area contributed by atoms with Crippen LogP contribution in [0, 0.1) is 5.92 Å². The number of hydrogen-bond acceptors (Lipinski definition) is 3. The van der Waals surface area contributed by atoms with Gasteiger partial charge in [0.25, 0.3) is 5.91 Å². The minimum atomic E-state index is -0.202. The molecule has 0 aliphatic heterocycles. The van der Waals surface area contributed by atoms with Crippen molar-refractivity contribution in [3.63, 3.8) is 0 Å². The average molecular weight is 396 g/mol. The zero-order valence-corrected chi connectivity index (χ0v) is 16.6. The second-order valence-corrected chi connectivity index (χ2v) is 7.48. The molecule has 1 aliphatic carbocycles. The van der Waals surface area contributed by atoms with Crippen molar-refractivity contribution in [3.05, 3.63) is 65.7 Å². The third-order valence-corrected chi connectivity index (χ3v) is 5.12. The summed E-state index contributed by atoms with van der Waals surface area (Å²) in [5, 5.41) is 8.84. The zero-order valence-electron chi connectivity index (χ0n) is 15.7. The summed E-state index contributed by atoms with van der Waals surface area (Å²) in [7, 11) is 0. The molecule has 6 heteroatoms. The lowest BCUT2D eigenvalue weighted by Crippen LogP contribution is -2.35. The predicted octanol–water partition coefficient (Wildman–Crippen LogP) is 4.01. The van der Waals surface area contributed by atoms with E-state index in [-0.39, 0.29) is 16.9 Å². The average Bonchev–Trinajstić information content (AvgIpc) is 3.20. The van der Waals surface area contributed by atoms with Gasteiger partial charge in [-0.2, -0.15) is 0 Å². The van der Waals surface area contributed by atoms with Gasteiger partial charge in [0.05, 0.1) is 11.3 Å². The molecule has 0 unspecified atom stereocenters. The van der Waals surface area contributed by atoms with E-state index in [9.17, 15) is 9.59 Å². The summed E-state index contributed by atoms with van der Waals surface area (Å²) in [4.78, 5) is 24.8. The van der Waals surface area contributed by atoms with Gasteiger partial charge in [-0.25, -0.2) is 0 Å². The standard InChI is InChI=1S/C22H25N3O2S/c26-20(14-16-8-4-5-9-16)25-22(28)24-19-13-7-6-12-18(19)21(27)23-15-17-10-2-1-3-11-17/h1-3,6-7,10-13,16H,4-5,8-9,14-15H2,(H,23,27)(H2,24,25,26,28). The van der Waals surface area contributed by atoms with E-state index in [1.165, 1.54) is 12.8 Å². The van der Waals surface area contributed by atoms with Crippen LogP contribution in [0.15, 0.2) is 54.6 Å². The topological polar surface area (TPSA) is 70.2 Å². The van der Waals surface area contributed by atoms with Crippen molar-refractivity contribution < 1.29 is 9.59 Å². The number of amides is 2. The van der Waals surface area contributed by atoms with Crippen LogP contribution in [0.2, 0.25) is 0 Å². The van der Waals surface area contributed by atoms with Gasteiger partial charge in [-0.15, -0.1) is 0 Å². The van der Waals surface area contributed by atoms with Crippen molar-refractivity contribution in [2.45, 2.75) is 38.6 Å². The lowest BCUT2D eigenvalue weighted by Gasteiger charge is -2.14. The van der Waals surface area contributed by atoms with E-state index in [0.717, 1.165) is 18.4 Å². The molecule has 1 fully saturated rings. The molecule has 2 aromatic carbocycles. The molecular formula is C22H25N3O2S. The molecule has 3 rings (SSSR count). The Labute approximate surface area is 170 Å². The largest absolute Gasteiger partial charge is 0.348 e. The fourth-order valence-electron chi connectivity index (χ4n) is 3.47. The maximum absolute atomic E-state index is 12.6. The number of anilines is 1. The van der Waals surface area contributed by atoms with Gasteiger partial charge < -0.3 is 16.0 Å². The van der Waals surface area contributed by atoms with E-state index >= 15 is 0 Å². The van der Waals surface area contributed by atoms with Crippen LogP contribution >= 0.6 is 12.2 Å². The van der Waals surface area contributed by atoms with Crippen molar-refractivity contribution in [2.75, 3.05) is 5.32 Å². The van der Waals surface area contributed by atoms with Gasteiger partial charge in [0.2, 0.25) is 5.91 Å². The molecule has 0 atom stereocenters. The number of para-hydroxylation sites is 1. The Balaban J connectivity index is 1.55. The van der Waals surface area contributed by atoms with Gasteiger partial charge in [-0.1, -0.05) is 55.3 Å². The molecule has 3 N–H and O–H groups in total. The van der Waals surface area contributed by atoms with E-state index in [0.29, 0.717) is 30.1 Å². The summed E-state index contributed by atoms with van der Waals surface area (Å²) in [6.07, 6.45) is 5.12. The van der Waals surface area contributed by atoms with Gasteiger partial charge in [-0.05, 0) is 48.7 Å². The normalized spacial score (nSPS) is 13.7. The van der Waals surface area contributed by atoms with Crippen LogP contribution in [0.25, 0.3) is 0 Å². The number of hydrogen-bond donors (Lipinski definition) is 3. The van der Waals surface area contributed by atoms with Crippen LogP contribution in [0.5, 0.6) is 0 Å². The van der Waals surface area contributed by atoms with Gasteiger partial charge in [0.1, 0.15) is 0 Å². The fraction of sp³-hybridized carbons (Fsp3) is 0.318. The SMILES string of the molecule is O=C(CC1CCCC1)NC(=S)Nc1ccccc1C(=O)NCc1ccccc1. The molecule has 2 aromatic rings. The maximum Gasteiger partial charge on any atom is 0.253 e. The smallest absolute Gasteiger partial charge is 0.253 e. The molecule has 1 saturated carbocycles. The van der Waals surface area contributed by atoms with E-state index in [2.05, 4.69) is 16.0 Å². The van der Waals surface area contributed by atoms with Gasteiger partial charge in [-0.3, -0.25) is 9.59 Å². The lowest BCUT2D eigenvalue weighted by atomic mass is 10.0. The molecule has 0 spiro atoms. The van der Waals surface area contributed by atoms with Crippen LogP contribution in [0.3, 0.4) is 0 Å². The number of rotatable bonds is 6. The van der Waals surface area contributed by atoms with Crippen LogP contribution in [-0.2, 0) is 11.3 Å². The quantitative estimate of drug-likeness (QED) is 0.647. The summed E-state index contributed by atoms with van der Waals surface area (Å²) in [5.41, 5.74) is 2.07. The first-order valence-electron chi connectivity index (χ1n) is 9.64. The van der Waals surface area contributed by atoms with Gasteiger partial charge >= 0.3 is 0 Å². The van der Waals surface area contributed by atoms with Crippen molar-refractivity contribution >= 4 is 34.8 Å². The lowest BCUT2D eigenvalue weighted by molar-refractivity contribution is -0.120. The minimum Gasteiger partial charge on any atom is -0.348 e. The highest BCUT2D eigenvalue weighted by Crippen LogP contribution is 2.27. The Hall–Kier alpha value is -2.73. The fourth-order valence-corrected chi connectivity index (χ4v) is 3.70. The van der Waals surface area contributed by atoms with Crippen molar-refractivity contribution in [2.24, 2.45) is 5.92 Å². The minimum absolute atomic E-state index is 0.0737. The summed E-state index contributed by atoms with van der Waals surface area (Å²) < 4.78 is 0. The van der Waals surface area contributed by atoms with E-state index in [1.54, 1.807) is 18.2 Å². The molecular weight excluding hydrogens is 370 g/mol. The molecule has 0 bridgehead atoms. The number of carbonyl (C=O) groups is 2. The Morgan fingerprint density at radius 1 is 0.964 bits per heavy atom. The maximum atomic E-state index is 12.6. The van der Waals surface area contributed by atoms with Crippen molar-refractivity contribution in [3.8, 4) is 0 Å². The van der Waals surface area contributed by atoms with E-state index in [1.807, 2.05) is 36.4 Å². The van der Waals surface area contributed by atoms with Crippen LogP contribution in [0.1, 0.15) is 48.0 Å². The number of thiocarbonyl (C=S) groups is 1. The molecule has 5 nitrogen and oxygen atoms in total. The molecule has 2 amide bonds. The predicted molar refractivity (Wildman–Crippen MR) is 115 cm³/mol. The molecule has 1 aliphatic rings. The summed E-state index contributed by atoms with van der Waals surface area (Å²) in [5.74, 6) is 0.182. The van der Waals surface area contributed by atoms with Gasteiger partial charge in [0, 0.05) is 13.0 Å². The number of nitrogens with one attached hydrogen (secondary N) is 3. The number of carbonyl (C=O) groups excluding carboxylic acids is 2. The molecule has 0 radical (unpaired) electrons. The summed E-state index contributed by atoms with van der Waals surface area (Å²) in [6, 6.07) is 16.8. The second-order valence-electron chi connectivity index (χ2n) is 7.07. The Morgan fingerprint density at radius 3 is 2.39 bits per heavy atom. The third-order valence-electron chi connectivity index (χ3n) is 4.92. The second kappa shape index (κ2) is 9.99. The molecule has 0 saturated heterocycles.